The van der Waals surface area contributed by atoms with E-state index in [0.717, 1.165) is 18.4 Å². The van der Waals surface area contributed by atoms with Gasteiger partial charge in [-0.05, 0) is 42.3 Å². The molecule has 34 heavy (non-hydrogen) atoms. The fraction of sp³-hybridized carbons (Fsp3) is 0.320. The minimum atomic E-state index is -0.425. The molecule has 0 radical (unpaired) electrons. The fourth-order valence-electron chi connectivity index (χ4n) is 3.31. The Morgan fingerprint density at radius 3 is 2.47 bits per heavy atom. The Bertz CT molecular complexity index is 1110. The minimum Gasteiger partial charge on any atom is -0.493 e. The van der Waals surface area contributed by atoms with Crippen molar-refractivity contribution in [2.75, 3.05) is 20.8 Å². The van der Waals surface area contributed by atoms with Gasteiger partial charge in [0, 0.05) is 24.7 Å². The Kier molecular flexibility index (Phi) is 8.61. The van der Waals surface area contributed by atoms with Crippen molar-refractivity contribution in [1.29, 1.82) is 0 Å². The molecule has 2 aromatic carbocycles. The summed E-state index contributed by atoms with van der Waals surface area (Å²) in [4.78, 5) is 27.3. The van der Waals surface area contributed by atoms with Gasteiger partial charge in [-0.1, -0.05) is 30.6 Å². The summed E-state index contributed by atoms with van der Waals surface area (Å²) in [5.74, 6) is 0.413. The maximum absolute atomic E-state index is 13.2. The maximum atomic E-state index is 13.2. The molecule has 180 valence electrons. The van der Waals surface area contributed by atoms with E-state index in [-0.39, 0.29) is 30.5 Å². The van der Waals surface area contributed by atoms with Gasteiger partial charge in [-0.25, -0.2) is 4.39 Å². The Morgan fingerprint density at radius 2 is 1.79 bits per heavy atom. The van der Waals surface area contributed by atoms with Gasteiger partial charge in [0.1, 0.15) is 5.82 Å². The van der Waals surface area contributed by atoms with Gasteiger partial charge in [0.2, 0.25) is 0 Å². The summed E-state index contributed by atoms with van der Waals surface area (Å²) in [7, 11) is 3.04. The van der Waals surface area contributed by atoms with Gasteiger partial charge in [0.05, 0.1) is 20.8 Å². The summed E-state index contributed by atoms with van der Waals surface area (Å²) in [6.07, 6.45) is 1.71. The van der Waals surface area contributed by atoms with E-state index in [1.165, 1.54) is 32.4 Å². The predicted molar refractivity (Wildman–Crippen MR) is 123 cm³/mol. The largest absolute Gasteiger partial charge is 0.493 e. The predicted octanol–water partition coefficient (Wildman–Crippen LogP) is 4.20. The van der Waals surface area contributed by atoms with E-state index < -0.39 is 5.91 Å². The van der Waals surface area contributed by atoms with Crippen LogP contribution in [-0.2, 0) is 13.1 Å². The second kappa shape index (κ2) is 11.8. The number of rotatable bonds is 11. The van der Waals surface area contributed by atoms with Crippen LogP contribution in [0.15, 0.2) is 53.1 Å². The van der Waals surface area contributed by atoms with E-state index in [9.17, 15) is 14.0 Å². The molecule has 0 bridgehead atoms. The highest BCUT2D eigenvalue weighted by Gasteiger charge is 2.21. The van der Waals surface area contributed by atoms with Gasteiger partial charge in [0.25, 0.3) is 11.8 Å². The molecule has 2 amide bonds. The summed E-state index contributed by atoms with van der Waals surface area (Å²) in [6.45, 7) is 2.93. The van der Waals surface area contributed by atoms with Crippen LogP contribution >= 0.6 is 0 Å². The lowest BCUT2D eigenvalue weighted by atomic mass is 10.1. The molecule has 8 nitrogen and oxygen atoms in total. The van der Waals surface area contributed by atoms with Gasteiger partial charge in [-0.3, -0.25) is 9.59 Å². The third kappa shape index (κ3) is 6.34. The number of amides is 2. The van der Waals surface area contributed by atoms with Crippen molar-refractivity contribution in [2.45, 2.75) is 32.9 Å². The topological polar surface area (TPSA) is 93.9 Å². The smallest absolute Gasteiger partial charge is 0.273 e. The number of hydrogen-bond donors (Lipinski definition) is 1. The van der Waals surface area contributed by atoms with Crippen molar-refractivity contribution in [3.63, 3.8) is 0 Å². The molecule has 0 atom stereocenters. The molecule has 1 aromatic heterocycles. The number of carbonyl (C=O) groups excluding carboxylic acids is 2. The highest BCUT2D eigenvalue weighted by molar-refractivity contribution is 5.95. The van der Waals surface area contributed by atoms with Crippen molar-refractivity contribution in [3.05, 3.63) is 76.9 Å². The summed E-state index contributed by atoms with van der Waals surface area (Å²) in [5.41, 5.74) is 1.31. The molecule has 0 spiro atoms. The maximum Gasteiger partial charge on any atom is 0.273 e. The second-order valence-corrected chi connectivity index (χ2v) is 7.64. The molecule has 1 heterocycles. The molecule has 0 saturated heterocycles. The lowest BCUT2D eigenvalue weighted by Gasteiger charge is -2.21. The molecule has 0 aliphatic rings. The Morgan fingerprint density at radius 1 is 1.06 bits per heavy atom. The van der Waals surface area contributed by atoms with Crippen molar-refractivity contribution in [3.8, 4) is 11.5 Å². The number of carbonyl (C=O) groups is 2. The molecular weight excluding hydrogens is 441 g/mol. The van der Waals surface area contributed by atoms with Crippen LogP contribution in [0.1, 0.15) is 51.9 Å². The van der Waals surface area contributed by atoms with E-state index in [4.69, 9.17) is 14.0 Å². The van der Waals surface area contributed by atoms with Crippen molar-refractivity contribution >= 4 is 11.8 Å². The number of ether oxygens (including phenoxy) is 2. The molecule has 0 unspecified atom stereocenters. The van der Waals surface area contributed by atoms with Gasteiger partial charge in [0.15, 0.2) is 23.0 Å². The number of nitrogens with one attached hydrogen (secondary N) is 1. The average molecular weight is 470 g/mol. The summed E-state index contributed by atoms with van der Waals surface area (Å²) in [6, 6.07) is 12.4. The Labute approximate surface area is 197 Å². The first kappa shape index (κ1) is 24.8. The van der Waals surface area contributed by atoms with Crippen LogP contribution in [0.2, 0.25) is 0 Å². The van der Waals surface area contributed by atoms with Crippen LogP contribution in [0.4, 0.5) is 4.39 Å². The molecule has 0 fully saturated rings. The zero-order valence-corrected chi connectivity index (χ0v) is 19.5. The van der Waals surface area contributed by atoms with E-state index in [1.54, 1.807) is 35.2 Å². The standard InChI is InChI=1S/C25H28FN3O5/c1-4-5-12-29(25(31)18-8-11-22(32-2)23(13-18)33-3)16-20-14-21(28-34-20)24(30)27-15-17-6-9-19(26)10-7-17/h6-11,13-14H,4-5,12,15-16H2,1-3H3,(H,27,30). The first-order valence-electron chi connectivity index (χ1n) is 10.9. The number of hydrogen-bond acceptors (Lipinski definition) is 6. The lowest BCUT2D eigenvalue weighted by Crippen LogP contribution is -2.31. The molecule has 0 saturated carbocycles. The summed E-state index contributed by atoms with van der Waals surface area (Å²) in [5, 5.41) is 6.55. The van der Waals surface area contributed by atoms with E-state index in [2.05, 4.69) is 10.5 Å². The number of aromatic nitrogens is 1. The first-order valence-corrected chi connectivity index (χ1v) is 10.9. The fourth-order valence-corrected chi connectivity index (χ4v) is 3.31. The SMILES string of the molecule is CCCCN(Cc1cc(C(=O)NCc2ccc(F)cc2)no1)C(=O)c1ccc(OC)c(OC)c1. The van der Waals surface area contributed by atoms with E-state index in [1.807, 2.05) is 6.92 Å². The van der Waals surface area contributed by atoms with Gasteiger partial charge in [-0.2, -0.15) is 0 Å². The highest BCUT2D eigenvalue weighted by Crippen LogP contribution is 2.28. The van der Waals surface area contributed by atoms with Crippen LogP contribution in [0.5, 0.6) is 11.5 Å². The third-order valence-electron chi connectivity index (χ3n) is 5.20. The first-order chi connectivity index (χ1) is 16.4. The number of nitrogens with zero attached hydrogens (tertiary/aromatic N) is 2. The summed E-state index contributed by atoms with van der Waals surface area (Å²) >= 11 is 0. The van der Waals surface area contributed by atoms with Crippen LogP contribution in [0.25, 0.3) is 0 Å². The quantitative estimate of drug-likeness (QED) is 0.452. The van der Waals surface area contributed by atoms with Crippen LogP contribution in [0.3, 0.4) is 0 Å². The number of unbranched alkanes of at least 4 members (excludes halogenated alkanes) is 1. The average Bonchev–Trinajstić information content (AvgIpc) is 3.33. The van der Waals surface area contributed by atoms with Crippen molar-refractivity contribution in [1.82, 2.24) is 15.4 Å². The molecule has 0 aliphatic carbocycles. The number of halogens is 1. The van der Waals surface area contributed by atoms with Crippen molar-refractivity contribution < 1.29 is 28.0 Å². The Balaban J connectivity index is 1.68. The third-order valence-corrected chi connectivity index (χ3v) is 5.20. The van der Waals surface area contributed by atoms with Crippen LogP contribution < -0.4 is 14.8 Å². The van der Waals surface area contributed by atoms with E-state index >= 15 is 0 Å². The van der Waals surface area contributed by atoms with Crippen molar-refractivity contribution in [2.24, 2.45) is 0 Å². The monoisotopic (exact) mass is 469 g/mol. The summed E-state index contributed by atoms with van der Waals surface area (Å²) < 4.78 is 28.9. The van der Waals surface area contributed by atoms with Gasteiger partial charge < -0.3 is 24.2 Å². The van der Waals surface area contributed by atoms with E-state index in [0.29, 0.717) is 29.4 Å². The number of methoxy groups -OCH3 is 2. The highest BCUT2D eigenvalue weighted by atomic mass is 19.1. The zero-order chi connectivity index (χ0) is 24.5. The molecule has 0 aliphatic heterocycles. The van der Waals surface area contributed by atoms with Gasteiger partial charge >= 0.3 is 0 Å². The number of benzene rings is 2. The minimum absolute atomic E-state index is 0.103. The van der Waals surface area contributed by atoms with Crippen LogP contribution in [-0.4, -0.2) is 42.6 Å². The molecular formula is C25H28FN3O5. The second-order valence-electron chi connectivity index (χ2n) is 7.64. The normalized spacial score (nSPS) is 10.6. The zero-order valence-electron chi connectivity index (χ0n) is 19.5. The Hall–Kier alpha value is -3.88. The lowest BCUT2D eigenvalue weighted by molar-refractivity contribution is 0.0724. The molecule has 9 heteroatoms. The molecule has 3 aromatic rings. The molecule has 1 N–H and O–H groups in total. The van der Waals surface area contributed by atoms with Gasteiger partial charge in [-0.15, -0.1) is 0 Å². The molecule has 3 rings (SSSR count). The van der Waals surface area contributed by atoms with Crippen LogP contribution in [0, 0.1) is 5.82 Å².